The summed E-state index contributed by atoms with van der Waals surface area (Å²) in [7, 11) is 0. The lowest BCUT2D eigenvalue weighted by Gasteiger charge is -2.09. The molecule has 0 saturated heterocycles. The quantitative estimate of drug-likeness (QED) is 0.257. The second kappa shape index (κ2) is 8.71. The molecule has 10 heteroatoms. The van der Waals surface area contributed by atoms with Gasteiger partial charge in [-0.25, -0.2) is 4.68 Å². The molecule has 0 aliphatic heterocycles. The molecule has 0 unspecified atom stereocenters. The van der Waals surface area contributed by atoms with Crippen LogP contribution in [0.15, 0.2) is 59.7 Å². The van der Waals surface area contributed by atoms with Crippen molar-refractivity contribution in [2.24, 2.45) is 10.8 Å². The highest BCUT2D eigenvalue weighted by atomic mass is 19.4. The van der Waals surface area contributed by atoms with E-state index in [1.54, 1.807) is 12.1 Å². The first-order valence-corrected chi connectivity index (χ1v) is 8.97. The summed E-state index contributed by atoms with van der Waals surface area (Å²) in [4.78, 5) is 13.9. The lowest BCUT2D eigenvalue weighted by atomic mass is 10.1. The zero-order valence-electron chi connectivity index (χ0n) is 15.7. The minimum Gasteiger partial charge on any atom is -0.366 e. The van der Waals surface area contributed by atoms with Crippen LogP contribution in [0.25, 0.3) is 27.4 Å². The van der Waals surface area contributed by atoms with Gasteiger partial charge in [-0.05, 0) is 54.3 Å². The number of nitrogens with two attached hydrogens (primary N) is 1. The third-order valence-electron chi connectivity index (χ3n) is 4.43. The van der Waals surface area contributed by atoms with Gasteiger partial charge in [0.15, 0.2) is 5.69 Å². The number of hydrogen-bond acceptors (Lipinski definition) is 3. The number of amides is 1. The standard InChI is InChI=1S/C20H17F3N6O/c21-20(22,23)18-12-17(14-5-3-13(4-6-14)2-1-11-26-28-25)29(27-18)16-9-7-15(8-10-16)19(24)30/h3-10,12H,1-2,11H2,(H2,24,30). The first kappa shape index (κ1) is 20.9. The summed E-state index contributed by atoms with van der Waals surface area (Å²) in [5, 5.41) is 7.20. The fraction of sp³-hybridized carbons (Fsp3) is 0.200. The maximum absolute atomic E-state index is 13.3. The molecule has 154 valence electrons. The number of alkyl halides is 3. The molecule has 30 heavy (non-hydrogen) atoms. The number of rotatable bonds is 7. The van der Waals surface area contributed by atoms with Crippen molar-refractivity contribution in [3.63, 3.8) is 0 Å². The van der Waals surface area contributed by atoms with E-state index in [0.717, 1.165) is 11.6 Å². The summed E-state index contributed by atoms with van der Waals surface area (Å²) >= 11 is 0. The monoisotopic (exact) mass is 414 g/mol. The van der Waals surface area contributed by atoms with Gasteiger partial charge in [-0.2, -0.15) is 18.3 Å². The van der Waals surface area contributed by atoms with Gasteiger partial charge in [-0.3, -0.25) is 4.79 Å². The highest BCUT2D eigenvalue weighted by molar-refractivity contribution is 5.92. The van der Waals surface area contributed by atoms with Crippen molar-refractivity contribution >= 4 is 5.91 Å². The van der Waals surface area contributed by atoms with E-state index in [-0.39, 0.29) is 11.3 Å². The molecule has 0 radical (unpaired) electrons. The van der Waals surface area contributed by atoms with Gasteiger partial charge in [-0.15, -0.1) is 0 Å². The lowest BCUT2D eigenvalue weighted by Crippen LogP contribution is -2.11. The van der Waals surface area contributed by atoms with Crippen LogP contribution in [-0.2, 0) is 12.6 Å². The van der Waals surface area contributed by atoms with E-state index in [1.807, 2.05) is 12.1 Å². The van der Waals surface area contributed by atoms with Crippen LogP contribution in [0.4, 0.5) is 13.2 Å². The fourth-order valence-electron chi connectivity index (χ4n) is 2.93. The molecule has 0 atom stereocenters. The number of aromatic nitrogens is 2. The number of carbonyl (C=O) groups is 1. The predicted molar refractivity (Wildman–Crippen MR) is 105 cm³/mol. The molecule has 0 aliphatic rings. The van der Waals surface area contributed by atoms with Crippen molar-refractivity contribution in [1.29, 1.82) is 0 Å². The highest BCUT2D eigenvalue weighted by Crippen LogP contribution is 2.33. The number of benzene rings is 2. The molecule has 1 amide bonds. The zero-order chi connectivity index (χ0) is 21.7. The molecule has 0 saturated carbocycles. The average Bonchev–Trinajstić information content (AvgIpc) is 3.18. The molecule has 0 spiro atoms. The molecule has 0 aliphatic carbocycles. The maximum atomic E-state index is 13.3. The Hall–Kier alpha value is -3.78. The van der Waals surface area contributed by atoms with Crippen molar-refractivity contribution in [3.05, 3.63) is 81.9 Å². The van der Waals surface area contributed by atoms with Crippen LogP contribution >= 0.6 is 0 Å². The number of carbonyl (C=O) groups excluding carboxylic acids is 1. The van der Waals surface area contributed by atoms with Gasteiger partial charge in [0, 0.05) is 22.6 Å². The van der Waals surface area contributed by atoms with Gasteiger partial charge in [0.1, 0.15) is 0 Å². The van der Waals surface area contributed by atoms with Gasteiger partial charge in [0.05, 0.1) is 11.4 Å². The molecule has 0 fully saturated rings. The summed E-state index contributed by atoms with van der Waals surface area (Å²) in [6.07, 6.45) is -3.25. The van der Waals surface area contributed by atoms with E-state index >= 15 is 0 Å². The van der Waals surface area contributed by atoms with Crippen LogP contribution in [0, 0.1) is 0 Å². The van der Waals surface area contributed by atoms with Gasteiger partial charge in [0.2, 0.25) is 5.91 Å². The molecular weight excluding hydrogens is 397 g/mol. The smallest absolute Gasteiger partial charge is 0.366 e. The number of azide groups is 1. The van der Waals surface area contributed by atoms with Crippen LogP contribution in [0.3, 0.4) is 0 Å². The lowest BCUT2D eigenvalue weighted by molar-refractivity contribution is -0.141. The second-order valence-electron chi connectivity index (χ2n) is 6.49. The van der Waals surface area contributed by atoms with Crippen molar-refractivity contribution in [3.8, 4) is 16.9 Å². The first-order chi connectivity index (χ1) is 14.3. The van der Waals surface area contributed by atoms with E-state index in [0.29, 0.717) is 30.6 Å². The Morgan fingerprint density at radius 1 is 1.13 bits per heavy atom. The minimum atomic E-state index is -4.60. The Balaban J connectivity index is 1.96. The van der Waals surface area contributed by atoms with Gasteiger partial charge in [-0.1, -0.05) is 29.4 Å². The Morgan fingerprint density at radius 2 is 1.80 bits per heavy atom. The van der Waals surface area contributed by atoms with E-state index in [1.165, 1.54) is 28.9 Å². The highest BCUT2D eigenvalue weighted by Gasteiger charge is 2.35. The Morgan fingerprint density at radius 3 is 2.37 bits per heavy atom. The number of aryl methyl sites for hydroxylation is 1. The third-order valence-corrected chi connectivity index (χ3v) is 4.43. The Bertz CT molecular complexity index is 1080. The van der Waals surface area contributed by atoms with Crippen molar-refractivity contribution in [2.75, 3.05) is 6.54 Å². The topological polar surface area (TPSA) is 110 Å². The van der Waals surface area contributed by atoms with Crippen LogP contribution in [0.5, 0.6) is 0 Å². The predicted octanol–water partition coefficient (Wildman–Crippen LogP) is 4.90. The van der Waals surface area contributed by atoms with E-state index in [4.69, 9.17) is 11.3 Å². The first-order valence-electron chi connectivity index (χ1n) is 8.97. The summed E-state index contributed by atoms with van der Waals surface area (Å²) in [5.74, 6) is -0.630. The molecule has 1 aromatic heterocycles. The summed E-state index contributed by atoms with van der Waals surface area (Å²) in [6, 6.07) is 13.9. The van der Waals surface area contributed by atoms with Gasteiger partial charge in [0.25, 0.3) is 0 Å². The second-order valence-corrected chi connectivity index (χ2v) is 6.49. The van der Waals surface area contributed by atoms with Gasteiger partial charge < -0.3 is 5.73 Å². The van der Waals surface area contributed by atoms with E-state index in [2.05, 4.69) is 15.1 Å². The molecule has 7 nitrogen and oxygen atoms in total. The molecule has 3 rings (SSSR count). The van der Waals surface area contributed by atoms with E-state index in [9.17, 15) is 18.0 Å². The van der Waals surface area contributed by atoms with Gasteiger partial charge >= 0.3 is 6.18 Å². The van der Waals surface area contributed by atoms with Crippen LogP contribution in [0.2, 0.25) is 0 Å². The Labute approximate surface area is 169 Å². The minimum absolute atomic E-state index is 0.244. The number of hydrogen-bond donors (Lipinski definition) is 1. The molecule has 1 heterocycles. The zero-order valence-corrected chi connectivity index (χ0v) is 15.7. The number of halogens is 3. The van der Waals surface area contributed by atoms with Crippen molar-refractivity contribution < 1.29 is 18.0 Å². The summed E-state index contributed by atoms with van der Waals surface area (Å²) < 4.78 is 41.0. The molecule has 2 N–H and O–H groups in total. The molecule has 2 aromatic carbocycles. The number of nitrogens with zero attached hydrogens (tertiary/aromatic N) is 5. The fourth-order valence-corrected chi connectivity index (χ4v) is 2.93. The molecular formula is C20H17F3N6O. The van der Waals surface area contributed by atoms with Crippen molar-refractivity contribution in [2.45, 2.75) is 19.0 Å². The van der Waals surface area contributed by atoms with Crippen LogP contribution in [0.1, 0.15) is 28.0 Å². The third kappa shape index (κ3) is 4.79. The molecule has 0 bridgehead atoms. The van der Waals surface area contributed by atoms with E-state index < -0.39 is 17.8 Å². The average molecular weight is 414 g/mol. The summed E-state index contributed by atoms with van der Waals surface area (Å²) in [6.45, 7) is 0.376. The summed E-state index contributed by atoms with van der Waals surface area (Å²) in [5.41, 5.74) is 14.9. The van der Waals surface area contributed by atoms with Crippen molar-refractivity contribution in [1.82, 2.24) is 9.78 Å². The number of primary amides is 1. The maximum Gasteiger partial charge on any atom is 0.435 e. The largest absolute Gasteiger partial charge is 0.435 e. The normalized spacial score (nSPS) is 11.2. The van der Waals surface area contributed by atoms with Crippen LogP contribution in [-0.4, -0.2) is 22.2 Å². The Kier molecular flexibility index (Phi) is 6.08. The SMILES string of the molecule is [N-]=[N+]=NCCCc1ccc(-c2cc(C(F)(F)F)nn2-c2ccc(C(N)=O)cc2)cc1. The van der Waals surface area contributed by atoms with Crippen LogP contribution < -0.4 is 5.73 Å². The molecule has 3 aromatic rings.